The first kappa shape index (κ1) is 78.1. The number of amides is 5. The van der Waals surface area contributed by atoms with Gasteiger partial charge in [0.15, 0.2) is 22.6 Å². The Kier molecular flexibility index (Phi) is 19.7. The fourth-order valence-corrected chi connectivity index (χ4v) is 19.7. The normalized spacial score (nSPS) is 27.1. The summed E-state index contributed by atoms with van der Waals surface area (Å²) < 4.78 is 76.1. The van der Waals surface area contributed by atoms with Gasteiger partial charge in [0.05, 0.1) is 49.8 Å². The van der Waals surface area contributed by atoms with Crippen LogP contribution in [0.2, 0.25) is 5.02 Å². The lowest BCUT2D eigenvalue weighted by Gasteiger charge is -2.26. The molecule has 115 heavy (non-hydrogen) atoms. The van der Waals surface area contributed by atoms with Crippen LogP contribution in [-0.2, 0) is 57.8 Å². The number of piperidine rings is 5. The molecule has 6 aromatic heterocycles. The van der Waals surface area contributed by atoms with Crippen LogP contribution < -0.4 is 53.2 Å². The Hall–Kier alpha value is -9.39. The third kappa shape index (κ3) is 14.7. The number of nitrogens with one attached hydrogen (secondary N) is 10. The predicted octanol–water partition coefficient (Wildman–Crippen LogP) is 10.7. The number of aromatic nitrogens is 6. The number of rotatable bonds is 16. The van der Waals surface area contributed by atoms with E-state index in [1.807, 2.05) is 83.4 Å². The lowest BCUT2D eigenvalue weighted by atomic mass is 9.95. The summed E-state index contributed by atoms with van der Waals surface area (Å²) in [7, 11) is 0. The van der Waals surface area contributed by atoms with Crippen molar-refractivity contribution in [2.24, 2.45) is 88.8 Å². The molecule has 5 unspecified atom stereocenters. The number of nitrogens with zero attached hydrogens (tertiary/aromatic N) is 6. The number of carbonyl (C=O) groups excluding carboxylic acids is 5. The van der Waals surface area contributed by atoms with Crippen molar-refractivity contribution in [3.05, 3.63) is 153 Å². The van der Waals surface area contributed by atoms with Gasteiger partial charge in [0.2, 0.25) is 35.1 Å². The molecule has 15 atom stereocenters. The first-order valence-corrected chi connectivity index (χ1v) is 40.6. The molecular formula is C85H99ClF4N16O9. The van der Waals surface area contributed by atoms with Crippen molar-refractivity contribution in [1.82, 2.24) is 83.4 Å². The average Bonchev–Trinajstić information content (AvgIpc) is 1.60. The fourth-order valence-electron chi connectivity index (χ4n) is 19.5. The second-order valence-corrected chi connectivity index (χ2v) is 36.6. The van der Waals surface area contributed by atoms with Crippen LogP contribution in [0.4, 0.5) is 17.6 Å². The molecule has 10 aromatic rings. The molecule has 10 N–H and O–H groups in total. The first-order valence-electron chi connectivity index (χ1n) is 40.2. The number of pyridine rings is 1. The van der Waals surface area contributed by atoms with E-state index in [1.54, 1.807) is 32.0 Å². The standard InChI is InChI=1S/C19H23N3O2.C17H18F3N3O2.C17H22N4O.C16H18ClN3O2.C16H18FN3O2/c1-19(2,21-18(23)15-13-8-20-9-14(13)15)17-12-5-3-4-11(10-6-7-10)16(12)24-22-17;1-16(2,22-15(24)12-9-6-21-7-10(9)12)14-8-4-3-5-11(17(18,19)20)13(8)25-23-14;1-10-5-4-6-14-13(9-19-21(10)14)17(2,3)20-16(22)15-11-7-18-8-12(11)15;2*1-16(2,19-15(21)12-9-6-18-7-10(9)12)14-8-4-3-5-11(17)13(8)22-20-14/h3-5,10,13-15,20H,6-9H2,1-2H3,(H,21,23);3-5,9-10,12,21H,6-7H2,1-2H3,(H,22,24);4-6,9,11-12,15,18H,7-8H2,1-3H3,(H,20,22);2*3-5,9-10,12,18H,6-7H2,1-2H3,(H,19,21)/t13-,14+,15?;9-,10+,12?;11-,12+,15?;2*9-,10+,12?. The number of aryl methyl sites for hydroxylation is 1. The van der Waals surface area contributed by atoms with E-state index < -0.39 is 45.3 Å². The number of alkyl halides is 3. The summed E-state index contributed by atoms with van der Waals surface area (Å²) in [6, 6.07) is 26.4. The van der Waals surface area contributed by atoms with Gasteiger partial charge in [0.25, 0.3) is 0 Å². The molecule has 0 bridgehead atoms. The molecule has 0 radical (unpaired) electrons. The maximum absolute atomic E-state index is 13.7. The van der Waals surface area contributed by atoms with Gasteiger partial charge < -0.3 is 71.3 Å². The third-order valence-electron chi connectivity index (χ3n) is 26.2. The van der Waals surface area contributed by atoms with Crippen molar-refractivity contribution >= 4 is 90.5 Å². The quantitative estimate of drug-likeness (QED) is 0.0402. The zero-order valence-electron chi connectivity index (χ0n) is 66.2. The Bertz CT molecular complexity index is 5110. The summed E-state index contributed by atoms with van der Waals surface area (Å²) in [4.78, 5) is 62.7. The highest BCUT2D eigenvalue weighted by molar-refractivity contribution is 6.34. The summed E-state index contributed by atoms with van der Waals surface area (Å²) in [5.74, 6) is 5.96. The van der Waals surface area contributed by atoms with Gasteiger partial charge in [-0.2, -0.15) is 18.3 Å². The molecule has 4 aromatic carbocycles. The molecule has 608 valence electrons. The van der Waals surface area contributed by atoms with Crippen LogP contribution in [0.25, 0.3) is 49.4 Å². The molecule has 6 aliphatic carbocycles. The number of para-hydroxylation sites is 4. The van der Waals surface area contributed by atoms with Crippen LogP contribution in [0.1, 0.15) is 133 Å². The Morgan fingerprint density at radius 3 is 1.13 bits per heavy atom. The highest BCUT2D eigenvalue weighted by Gasteiger charge is 2.62. The van der Waals surface area contributed by atoms with Crippen LogP contribution in [-0.4, -0.2) is 125 Å². The lowest BCUT2D eigenvalue weighted by molar-refractivity contribution is -0.137. The third-order valence-corrected chi connectivity index (χ3v) is 26.5. The van der Waals surface area contributed by atoms with E-state index in [1.165, 1.54) is 36.6 Å². The minimum Gasteiger partial charge on any atom is -0.356 e. The van der Waals surface area contributed by atoms with E-state index in [-0.39, 0.29) is 75.7 Å². The van der Waals surface area contributed by atoms with E-state index in [2.05, 4.69) is 117 Å². The summed E-state index contributed by atoms with van der Waals surface area (Å²) in [6.45, 7) is 30.6. The van der Waals surface area contributed by atoms with Gasteiger partial charge in [-0.25, -0.2) is 8.91 Å². The summed E-state index contributed by atoms with van der Waals surface area (Å²) in [6.07, 6.45) is -0.193. The van der Waals surface area contributed by atoms with Gasteiger partial charge in [-0.1, -0.05) is 68.6 Å². The molecule has 11 fully saturated rings. The Morgan fingerprint density at radius 1 is 0.409 bits per heavy atom. The van der Waals surface area contributed by atoms with Crippen molar-refractivity contribution < 1.29 is 59.6 Å². The number of fused-ring (bicyclic) bond motifs is 10. The summed E-state index contributed by atoms with van der Waals surface area (Å²) in [5.41, 5.74) is 4.09. The zero-order chi connectivity index (χ0) is 80.9. The highest BCUT2D eigenvalue weighted by Crippen LogP contribution is 2.54. The maximum Gasteiger partial charge on any atom is 0.420 e. The van der Waals surface area contributed by atoms with Gasteiger partial charge in [0.1, 0.15) is 28.3 Å². The number of hydrogen-bond acceptors (Lipinski definition) is 19. The SMILES string of the molecule is CC(C)(NC(=O)C1[C@H]2CNC[C@@H]12)c1noc2c(C(F)(F)F)cccc12.CC(C)(NC(=O)C1[C@H]2CNC[C@@H]12)c1noc2c(C3CC3)cccc12.CC(C)(NC(=O)C1[C@H]2CNC[C@@H]12)c1noc2c(Cl)cccc12.CC(C)(NC(=O)C1[C@H]2CNC[C@@H]12)c1noc2c(F)cccc12.Cc1cccc2c(C(C)(C)NC(=O)C3[C@H]4CNC[C@@H]34)cnn12. The Balaban J connectivity index is 0.000000104. The molecule has 30 heteroatoms. The van der Waals surface area contributed by atoms with E-state index >= 15 is 0 Å². The van der Waals surface area contributed by atoms with Gasteiger partial charge in [-0.15, -0.1) is 0 Å². The summed E-state index contributed by atoms with van der Waals surface area (Å²) in [5, 5.41) is 56.1. The average molecular weight is 1600 g/mol. The van der Waals surface area contributed by atoms with Crippen LogP contribution in [0, 0.1) is 102 Å². The molecular weight excluding hydrogens is 1500 g/mol. The second kappa shape index (κ2) is 29.1. The maximum atomic E-state index is 13.7. The van der Waals surface area contributed by atoms with E-state index in [0.717, 1.165) is 110 Å². The molecule has 0 spiro atoms. The molecule has 5 aliphatic heterocycles. The molecule has 25 nitrogen and oxygen atoms in total. The lowest BCUT2D eigenvalue weighted by Crippen LogP contribution is -2.43. The number of carbonyl (C=O) groups is 5. The number of benzene rings is 4. The minimum atomic E-state index is -4.53. The van der Waals surface area contributed by atoms with Crippen LogP contribution in [0.15, 0.2) is 115 Å². The molecule has 11 aliphatic rings. The van der Waals surface area contributed by atoms with Gasteiger partial charge in [-0.05, 0) is 274 Å². The van der Waals surface area contributed by atoms with Crippen LogP contribution in [0.3, 0.4) is 0 Å². The molecule has 6 saturated carbocycles. The Morgan fingerprint density at radius 2 is 0.730 bits per heavy atom. The van der Waals surface area contributed by atoms with Crippen LogP contribution >= 0.6 is 11.6 Å². The van der Waals surface area contributed by atoms with Crippen molar-refractivity contribution in [2.75, 3.05) is 65.4 Å². The van der Waals surface area contributed by atoms with Crippen molar-refractivity contribution in [2.45, 2.75) is 129 Å². The van der Waals surface area contributed by atoms with Crippen LogP contribution in [0.5, 0.6) is 0 Å². The molecule has 21 rings (SSSR count). The smallest absolute Gasteiger partial charge is 0.356 e. The molecule has 11 heterocycles. The molecule has 5 amide bonds. The van der Waals surface area contributed by atoms with Crippen molar-refractivity contribution in [3.8, 4) is 0 Å². The molecule has 5 saturated heterocycles. The second-order valence-electron chi connectivity index (χ2n) is 36.2. The highest BCUT2D eigenvalue weighted by atomic mass is 35.5. The predicted molar refractivity (Wildman–Crippen MR) is 420 cm³/mol. The van der Waals surface area contributed by atoms with E-state index in [4.69, 9.17) is 29.7 Å². The summed E-state index contributed by atoms with van der Waals surface area (Å²) >= 11 is 6.12. The van der Waals surface area contributed by atoms with Gasteiger partial charge >= 0.3 is 6.18 Å². The number of halogens is 5. The number of hydrogen-bond donors (Lipinski definition) is 10. The fraction of sp³-hybridized carbons (Fsp3) is 0.529. The van der Waals surface area contributed by atoms with Crippen molar-refractivity contribution in [1.29, 1.82) is 0 Å². The van der Waals surface area contributed by atoms with Gasteiger partial charge in [0, 0.05) is 62.6 Å². The zero-order valence-corrected chi connectivity index (χ0v) is 67.0. The van der Waals surface area contributed by atoms with E-state index in [0.29, 0.717) is 98.2 Å². The first-order chi connectivity index (χ1) is 54.7. The van der Waals surface area contributed by atoms with E-state index in [9.17, 15) is 41.5 Å². The topological polar surface area (TPSA) is 327 Å². The largest absolute Gasteiger partial charge is 0.420 e. The Labute approximate surface area is 666 Å². The monoisotopic (exact) mass is 1600 g/mol. The minimum absolute atomic E-state index is 0.0237. The van der Waals surface area contributed by atoms with Crippen molar-refractivity contribution in [3.63, 3.8) is 0 Å². The van der Waals surface area contributed by atoms with Gasteiger partial charge in [-0.3, -0.25) is 24.0 Å².